The molecule has 0 spiro atoms. The van der Waals surface area contributed by atoms with Gasteiger partial charge in [-0.05, 0) is 6.42 Å². The molecule has 68 valence electrons. The van der Waals surface area contributed by atoms with Crippen molar-refractivity contribution in [1.29, 1.82) is 0 Å². The molecule has 2 rings (SSSR count). The molecule has 1 aromatic rings. The van der Waals surface area contributed by atoms with Crippen LogP contribution >= 0.6 is 12.4 Å². The van der Waals surface area contributed by atoms with E-state index in [1.165, 1.54) is 0 Å². The first-order chi connectivity index (χ1) is 5.27. The number of hydrogen-bond donors (Lipinski definition) is 2. The molecule has 0 fully saturated rings. The van der Waals surface area contributed by atoms with Crippen molar-refractivity contribution in [2.75, 3.05) is 0 Å². The van der Waals surface area contributed by atoms with Crippen LogP contribution in [0.3, 0.4) is 0 Å². The summed E-state index contributed by atoms with van der Waals surface area (Å²) in [6.45, 7) is 0.700. The summed E-state index contributed by atoms with van der Waals surface area (Å²) in [5, 5.41) is 6.25. The van der Waals surface area contributed by atoms with Crippen molar-refractivity contribution in [3.8, 4) is 0 Å². The Morgan fingerprint density at radius 3 is 3.17 bits per heavy atom. The third-order valence-electron chi connectivity index (χ3n) is 2.01. The molecule has 0 radical (unpaired) electrons. The minimum absolute atomic E-state index is 0. The maximum Gasteiger partial charge on any atom is 0.343 e. The van der Waals surface area contributed by atoms with Gasteiger partial charge in [0.2, 0.25) is 0 Å². The maximum absolute atomic E-state index is 11.0. The zero-order chi connectivity index (χ0) is 7.84. The first-order valence-electron chi connectivity index (χ1n) is 3.67. The van der Waals surface area contributed by atoms with Gasteiger partial charge in [0, 0.05) is 19.0 Å². The van der Waals surface area contributed by atoms with E-state index in [2.05, 4.69) is 10.2 Å². The van der Waals surface area contributed by atoms with E-state index >= 15 is 0 Å². The lowest BCUT2D eigenvalue weighted by atomic mass is 10.1. The fraction of sp³-hybridized carbons (Fsp3) is 0.667. The molecule has 1 unspecified atom stereocenters. The van der Waals surface area contributed by atoms with Crippen molar-refractivity contribution in [2.24, 2.45) is 5.73 Å². The lowest BCUT2D eigenvalue weighted by molar-refractivity contribution is 0.456. The number of H-pyrrole nitrogens is 1. The first-order valence-corrected chi connectivity index (χ1v) is 3.67. The van der Waals surface area contributed by atoms with E-state index in [4.69, 9.17) is 5.73 Å². The predicted molar refractivity (Wildman–Crippen MR) is 46.4 cm³/mol. The third-order valence-corrected chi connectivity index (χ3v) is 2.01. The molecule has 0 bridgehead atoms. The number of aromatic amines is 1. The zero-order valence-corrected chi connectivity index (χ0v) is 7.30. The quantitative estimate of drug-likeness (QED) is 0.566. The Hall–Kier alpha value is -0.810. The van der Waals surface area contributed by atoms with Gasteiger partial charge in [0.05, 0.1) is 0 Å². The van der Waals surface area contributed by atoms with Gasteiger partial charge in [0.25, 0.3) is 0 Å². The van der Waals surface area contributed by atoms with Crippen LogP contribution in [-0.2, 0) is 13.0 Å². The van der Waals surface area contributed by atoms with E-state index in [-0.39, 0.29) is 24.1 Å². The SMILES string of the molecule is Cl.NC1CCn2c(n[nH]c2=O)C1. The van der Waals surface area contributed by atoms with Gasteiger partial charge in [0.15, 0.2) is 0 Å². The normalized spacial score (nSPS) is 21.2. The molecule has 12 heavy (non-hydrogen) atoms. The van der Waals surface area contributed by atoms with Crippen molar-refractivity contribution in [3.63, 3.8) is 0 Å². The van der Waals surface area contributed by atoms with Gasteiger partial charge in [-0.15, -0.1) is 12.4 Å². The van der Waals surface area contributed by atoms with E-state index in [0.717, 1.165) is 12.2 Å². The molecule has 0 saturated carbocycles. The number of nitrogens with zero attached hydrogens (tertiary/aromatic N) is 2. The van der Waals surface area contributed by atoms with Crippen LogP contribution in [0.1, 0.15) is 12.2 Å². The molecule has 0 aromatic carbocycles. The lowest BCUT2D eigenvalue weighted by Gasteiger charge is -2.17. The fourth-order valence-corrected chi connectivity index (χ4v) is 1.37. The summed E-state index contributed by atoms with van der Waals surface area (Å²) in [4.78, 5) is 11.0. The molecule has 2 heterocycles. The number of nitrogens with one attached hydrogen (secondary N) is 1. The molecule has 6 heteroatoms. The Morgan fingerprint density at radius 2 is 2.42 bits per heavy atom. The van der Waals surface area contributed by atoms with Crippen molar-refractivity contribution in [2.45, 2.75) is 25.4 Å². The monoisotopic (exact) mass is 190 g/mol. The third kappa shape index (κ3) is 1.37. The number of rotatable bonds is 0. The molecule has 0 saturated heterocycles. The molecular weight excluding hydrogens is 180 g/mol. The summed E-state index contributed by atoms with van der Waals surface area (Å²) in [6, 6.07) is 0.165. The van der Waals surface area contributed by atoms with Gasteiger partial charge >= 0.3 is 5.69 Å². The molecule has 1 atom stereocenters. The standard InChI is InChI=1S/C6H10N4O.ClH/c7-4-1-2-10-5(3-4)8-9-6(10)11;/h4H,1-3,7H2,(H,9,11);1H. The van der Waals surface area contributed by atoms with Crippen LogP contribution in [-0.4, -0.2) is 20.8 Å². The predicted octanol–water partition coefficient (Wildman–Crippen LogP) is -0.733. The highest BCUT2D eigenvalue weighted by atomic mass is 35.5. The first kappa shape index (κ1) is 9.28. The second kappa shape index (κ2) is 3.28. The Labute approximate surface area is 75.4 Å². The summed E-state index contributed by atoms with van der Waals surface area (Å²) in [7, 11) is 0. The van der Waals surface area contributed by atoms with Gasteiger partial charge in [0.1, 0.15) is 5.82 Å². The van der Waals surface area contributed by atoms with Crippen molar-refractivity contribution < 1.29 is 0 Å². The van der Waals surface area contributed by atoms with Crippen LogP contribution in [0.25, 0.3) is 0 Å². The average Bonchev–Trinajstić information content (AvgIpc) is 2.32. The Morgan fingerprint density at radius 1 is 1.67 bits per heavy atom. The summed E-state index contributed by atoms with van der Waals surface area (Å²) in [5.74, 6) is 0.786. The maximum atomic E-state index is 11.0. The minimum atomic E-state index is -0.119. The zero-order valence-electron chi connectivity index (χ0n) is 6.49. The number of hydrogen-bond acceptors (Lipinski definition) is 3. The molecule has 1 aliphatic heterocycles. The second-order valence-electron chi connectivity index (χ2n) is 2.85. The largest absolute Gasteiger partial charge is 0.343 e. The number of aromatic nitrogens is 3. The Balaban J connectivity index is 0.000000720. The molecular formula is C6H11ClN4O. The van der Waals surface area contributed by atoms with Crippen molar-refractivity contribution in [1.82, 2.24) is 14.8 Å². The molecule has 0 aliphatic carbocycles. The fourth-order valence-electron chi connectivity index (χ4n) is 1.37. The number of nitrogens with two attached hydrogens (primary N) is 1. The van der Waals surface area contributed by atoms with Crippen LogP contribution in [0.4, 0.5) is 0 Å². The van der Waals surface area contributed by atoms with Gasteiger partial charge in [-0.3, -0.25) is 4.57 Å². The molecule has 1 aromatic heterocycles. The highest BCUT2D eigenvalue weighted by Gasteiger charge is 2.17. The smallest absolute Gasteiger partial charge is 0.327 e. The van der Waals surface area contributed by atoms with Crippen LogP contribution in [0, 0.1) is 0 Å². The summed E-state index contributed by atoms with van der Waals surface area (Å²) in [5.41, 5.74) is 5.57. The van der Waals surface area contributed by atoms with E-state index in [1.54, 1.807) is 4.57 Å². The van der Waals surface area contributed by atoms with Gasteiger partial charge in [-0.1, -0.05) is 0 Å². The molecule has 3 N–H and O–H groups in total. The second-order valence-corrected chi connectivity index (χ2v) is 2.85. The summed E-state index contributed by atoms with van der Waals surface area (Å²) in [6.07, 6.45) is 1.57. The molecule has 5 nitrogen and oxygen atoms in total. The minimum Gasteiger partial charge on any atom is -0.327 e. The van der Waals surface area contributed by atoms with Crippen LogP contribution in [0.15, 0.2) is 4.79 Å². The van der Waals surface area contributed by atoms with Gasteiger partial charge in [-0.25, -0.2) is 9.89 Å². The van der Waals surface area contributed by atoms with Crippen molar-refractivity contribution >= 4 is 12.4 Å². The highest BCUT2D eigenvalue weighted by molar-refractivity contribution is 5.85. The van der Waals surface area contributed by atoms with Gasteiger partial charge in [-0.2, -0.15) is 5.10 Å². The Bertz CT molecular complexity index is 318. The van der Waals surface area contributed by atoms with Crippen LogP contribution < -0.4 is 11.4 Å². The van der Waals surface area contributed by atoms with Gasteiger partial charge < -0.3 is 5.73 Å². The average molecular weight is 191 g/mol. The lowest BCUT2D eigenvalue weighted by Crippen LogP contribution is -2.34. The molecule has 0 amide bonds. The topological polar surface area (TPSA) is 76.7 Å². The number of fused-ring (bicyclic) bond motifs is 1. The number of halogens is 1. The van der Waals surface area contributed by atoms with Crippen LogP contribution in [0.2, 0.25) is 0 Å². The summed E-state index contributed by atoms with van der Waals surface area (Å²) >= 11 is 0. The Kier molecular flexibility index (Phi) is 2.54. The van der Waals surface area contributed by atoms with E-state index in [0.29, 0.717) is 13.0 Å². The highest BCUT2D eigenvalue weighted by Crippen LogP contribution is 2.07. The molecule has 1 aliphatic rings. The van der Waals surface area contributed by atoms with E-state index < -0.39 is 0 Å². The van der Waals surface area contributed by atoms with Crippen LogP contribution in [0.5, 0.6) is 0 Å². The van der Waals surface area contributed by atoms with Crippen molar-refractivity contribution in [3.05, 3.63) is 16.3 Å². The summed E-state index contributed by atoms with van der Waals surface area (Å²) < 4.78 is 1.64. The van der Waals surface area contributed by atoms with E-state index in [1.807, 2.05) is 0 Å². The van der Waals surface area contributed by atoms with E-state index in [9.17, 15) is 4.79 Å².